The molecular formula is C16H28N2O2. The monoisotopic (exact) mass is 280 g/mol. The van der Waals surface area contributed by atoms with Crippen LogP contribution >= 0.6 is 0 Å². The van der Waals surface area contributed by atoms with Gasteiger partial charge in [-0.1, -0.05) is 13.8 Å². The van der Waals surface area contributed by atoms with Crippen LogP contribution < -0.4 is 5.32 Å². The topological polar surface area (TPSA) is 37.6 Å². The first-order valence-corrected chi connectivity index (χ1v) is 7.92. The van der Waals surface area contributed by atoms with Crippen molar-refractivity contribution < 1.29 is 9.15 Å². The molecule has 1 aliphatic heterocycles. The van der Waals surface area contributed by atoms with Crippen molar-refractivity contribution in [1.82, 2.24) is 10.2 Å². The number of hydrogen-bond donors (Lipinski definition) is 1. The van der Waals surface area contributed by atoms with E-state index in [1.807, 2.05) is 6.26 Å². The molecule has 2 rings (SSSR count). The van der Waals surface area contributed by atoms with Gasteiger partial charge in [0.05, 0.1) is 18.9 Å². The molecular weight excluding hydrogens is 252 g/mol. The molecule has 114 valence electrons. The fraction of sp³-hybridized carbons (Fsp3) is 0.750. The second-order valence-electron chi connectivity index (χ2n) is 5.57. The van der Waals surface area contributed by atoms with E-state index in [0.29, 0.717) is 6.10 Å². The molecule has 4 nitrogen and oxygen atoms in total. The summed E-state index contributed by atoms with van der Waals surface area (Å²) in [5.74, 6) is 1.06. The van der Waals surface area contributed by atoms with Gasteiger partial charge in [0, 0.05) is 25.3 Å². The van der Waals surface area contributed by atoms with E-state index in [0.717, 1.165) is 51.5 Å². The first kappa shape index (κ1) is 15.5. The zero-order valence-electron chi connectivity index (χ0n) is 12.9. The summed E-state index contributed by atoms with van der Waals surface area (Å²) in [5.41, 5.74) is 1.23. The van der Waals surface area contributed by atoms with Crippen molar-refractivity contribution >= 4 is 0 Å². The van der Waals surface area contributed by atoms with Crippen molar-refractivity contribution in [1.29, 1.82) is 0 Å². The largest absolute Gasteiger partial charge is 0.468 e. The summed E-state index contributed by atoms with van der Waals surface area (Å²) in [6, 6.07) is 2.17. The molecule has 0 saturated carbocycles. The molecule has 1 aromatic heterocycles. The molecule has 0 amide bonds. The Labute approximate surface area is 122 Å². The standard InChI is InChI=1S/C16H28N2O2/c1-3-8-19-15-6-5-7-18(11-15)12-16-9-14(13-20-16)10-17-4-2/h9,13,15,17H,3-8,10-12H2,1-2H3. The summed E-state index contributed by atoms with van der Waals surface area (Å²) in [4.78, 5) is 2.44. The summed E-state index contributed by atoms with van der Waals surface area (Å²) in [6.07, 6.45) is 5.79. The SMILES string of the molecule is CCCOC1CCCN(Cc2cc(CNCC)co2)C1. The Morgan fingerprint density at radius 2 is 2.35 bits per heavy atom. The molecule has 1 aliphatic rings. The minimum absolute atomic E-state index is 0.403. The van der Waals surface area contributed by atoms with E-state index in [1.165, 1.54) is 18.4 Å². The van der Waals surface area contributed by atoms with Crippen LogP contribution in [-0.4, -0.2) is 37.2 Å². The van der Waals surface area contributed by atoms with Gasteiger partial charge in [-0.25, -0.2) is 0 Å². The Bertz CT molecular complexity index is 378. The lowest BCUT2D eigenvalue weighted by molar-refractivity contribution is -0.00373. The average molecular weight is 280 g/mol. The van der Waals surface area contributed by atoms with Gasteiger partial charge in [0.2, 0.25) is 0 Å². The van der Waals surface area contributed by atoms with E-state index in [1.54, 1.807) is 0 Å². The van der Waals surface area contributed by atoms with Crippen LogP contribution in [0.3, 0.4) is 0 Å². The molecule has 1 fully saturated rings. The number of hydrogen-bond acceptors (Lipinski definition) is 4. The third kappa shape index (κ3) is 4.93. The van der Waals surface area contributed by atoms with Crippen molar-refractivity contribution in [3.05, 3.63) is 23.7 Å². The van der Waals surface area contributed by atoms with Gasteiger partial charge in [0.25, 0.3) is 0 Å². The number of nitrogens with zero attached hydrogens (tertiary/aromatic N) is 1. The quantitative estimate of drug-likeness (QED) is 0.794. The van der Waals surface area contributed by atoms with Gasteiger partial charge in [0.1, 0.15) is 5.76 Å². The zero-order valence-corrected chi connectivity index (χ0v) is 12.9. The normalized spacial score (nSPS) is 20.4. The maximum atomic E-state index is 5.88. The number of piperidine rings is 1. The number of likely N-dealkylation sites (tertiary alicyclic amines) is 1. The van der Waals surface area contributed by atoms with Crippen LogP contribution in [0.5, 0.6) is 0 Å². The molecule has 1 aromatic rings. The van der Waals surface area contributed by atoms with Crippen molar-refractivity contribution in [3.63, 3.8) is 0 Å². The van der Waals surface area contributed by atoms with Crippen LogP contribution in [0.4, 0.5) is 0 Å². The molecule has 4 heteroatoms. The molecule has 0 aliphatic carbocycles. The van der Waals surface area contributed by atoms with Crippen molar-refractivity contribution in [2.45, 2.75) is 52.3 Å². The maximum Gasteiger partial charge on any atom is 0.118 e. The number of nitrogens with one attached hydrogen (secondary N) is 1. The highest BCUT2D eigenvalue weighted by Gasteiger charge is 2.21. The molecule has 1 saturated heterocycles. The molecule has 0 aromatic carbocycles. The predicted octanol–water partition coefficient (Wildman–Crippen LogP) is 2.78. The summed E-state index contributed by atoms with van der Waals surface area (Å²) in [5, 5.41) is 3.32. The van der Waals surface area contributed by atoms with Gasteiger partial charge in [-0.15, -0.1) is 0 Å². The first-order valence-electron chi connectivity index (χ1n) is 7.92. The van der Waals surface area contributed by atoms with Crippen molar-refractivity contribution in [2.75, 3.05) is 26.2 Å². The minimum atomic E-state index is 0.403. The lowest BCUT2D eigenvalue weighted by Gasteiger charge is -2.31. The van der Waals surface area contributed by atoms with Crippen LogP contribution in [-0.2, 0) is 17.8 Å². The van der Waals surface area contributed by atoms with Gasteiger partial charge in [-0.2, -0.15) is 0 Å². The lowest BCUT2D eigenvalue weighted by atomic mass is 10.1. The van der Waals surface area contributed by atoms with Crippen LogP contribution in [0.2, 0.25) is 0 Å². The van der Waals surface area contributed by atoms with Gasteiger partial charge in [-0.3, -0.25) is 4.90 Å². The van der Waals surface area contributed by atoms with E-state index in [2.05, 4.69) is 30.1 Å². The highest BCUT2D eigenvalue weighted by molar-refractivity contribution is 5.12. The van der Waals surface area contributed by atoms with Gasteiger partial charge in [0.15, 0.2) is 0 Å². The summed E-state index contributed by atoms with van der Waals surface area (Å²) in [6.45, 7) is 10.1. The van der Waals surface area contributed by atoms with Crippen LogP contribution in [0.25, 0.3) is 0 Å². The Balaban J connectivity index is 1.78. The van der Waals surface area contributed by atoms with Gasteiger partial charge in [-0.05, 0) is 38.4 Å². The van der Waals surface area contributed by atoms with Crippen LogP contribution in [0, 0.1) is 0 Å². The molecule has 0 bridgehead atoms. The Morgan fingerprint density at radius 3 is 3.15 bits per heavy atom. The van der Waals surface area contributed by atoms with Gasteiger partial charge >= 0.3 is 0 Å². The summed E-state index contributed by atoms with van der Waals surface area (Å²) < 4.78 is 11.5. The molecule has 0 radical (unpaired) electrons. The highest BCUT2D eigenvalue weighted by atomic mass is 16.5. The van der Waals surface area contributed by atoms with E-state index < -0.39 is 0 Å². The Morgan fingerprint density at radius 1 is 1.45 bits per heavy atom. The Hall–Kier alpha value is -0.840. The fourth-order valence-electron chi connectivity index (χ4n) is 2.67. The minimum Gasteiger partial charge on any atom is -0.468 e. The number of ether oxygens (including phenoxy) is 1. The average Bonchev–Trinajstić information content (AvgIpc) is 2.91. The molecule has 1 unspecified atom stereocenters. The summed E-state index contributed by atoms with van der Waals surface area (Å²) in [7, 11) is 0. The molecule has 1 atom stereocenters. The third-order valence-electron chi connectivity index (χ3n) is 3.69. The second kappa shape index (κ2) is 8.45. The Kier molecular flexibility index (Phi) is 6.57. The predicted molar refractivity (Wildman–Crippen MR) is 80.6 cm³/mol. The van der Waals surface area contributed by atoms with Crippen molar-refractivity contribution in [2.24, 2.45) is 0 Å². The van der Waals surface area contributed by atoms with E-state index in [4.69, 9.17) is 9.15 Å². The highest BCUT2D eigenvalue weighted by Crippen LogP contribution is 2.17. The smallest absolute Gasteiger partial charge is 0.118 e. The van der Waals surface area contributed by atoms with Crippen LogP contribution in [0.1, 0.15) is 44.4 Å². The van der Waals surface area contributed by atoms with Crippen molar-refractivity contribution in [3.8, 4) is 0 Å². The van der Waals surface area contributed by atoms with E-state index in [9.17, 15) is 0 Å². The molecule has 1 N–H and O–H groups in total. The fourth-order valence-corrected chi connectivity index (χ4v) is 2.67. The first-order chi connectivity index (χ1) is 9.81. The number of rotatable bonds is 8. The van der Waals surface area contributed by atoms with E-state index in [-0.39, 0.29) is 0 Å². The zero-order chi connectivity index (χ0) is 14.2. The second-order valence-corrected chi connectivity index (χ2v) is 5.57. The maximum absolute atomic E-state index is 5.88. The molecule has 2 heterocycles. The van der Waals surface area contributed by atoms with E-state index >= 15 is 0 Å². The lowest BCUT2D eigenvalue weighted by Crippen LogP contribution is -2.39. The van der Waals surface area contributed by atoms with Crippen LogP contribution in [0.15, 0.2) is 16.7 Å². The number of furan rings is 1. The van der Waals surface area contributed by atoms with Gasteiger partial charge < -0.3 is 14.5 Å². The summed E-state index contributed by atoms with van der Waals surface area (Å²) >= 11 is 0. The molecule has 20 heavy (non-hydrogen) atoms. The molecule has 0 spiro atoms. The third-order valence-corrected chi connectivity index (χ3v) is 3.69.